The normalized spacial score (nSPS) is 16.0. The number of benzene rings is 1. The molecule has 0 radical (unpaired) electrons. The van der Waals surface area contributed by atoms with Crippen LogP contribution in [0.1, 0.15) is 31.9 Å². The van der Waals surface area contributed by atoms with Gasteiger partial charge in [0.15, 0.2) is 0 Å². The molecular formula is C15H15F5N2. The molecule has 1 N–H and O–H groups in total. The number of hydrogen-bond acceptors (Lipinski definition) is 2. The van der Waals surface area contributed by atoms with E-state index in [1.165, 1.54) is 0 Å². The molecule has 0 saturated carbocycles. The summed E-state index contributed by atoms with van der Waals surface area (Å²) in [5.41, 5.74) is -1.10. The van der Waals surface area contributed by atoms with Crippen molar-refractivity contribution in [2.24, 2.45) is 10.4 Å². The molecule has 1 heterocycles. The fourth-order valence-corrected chi connectivity index (χ4v) is 2.02. The maximum Gasteiger partial charge on any atom is 0.422 e. The molecule has 2 rings (SSSR count). The minimum Gasteiger partial charge on any atom is -0.346 e. The molecule has 0 atom stereocenters. The number of amidine groups is 1. The maximum absolute atomic E-state index is 13.6. The van der Waals surface area contributed by atoms with Crippen LogP contribution in [-0.2, 0) is 6.18 Å². The van der Waals surface area contributed by atoms with Gasteiger partial charge in [-0.2, -0.15) is 13.2 Å². The van der Waals surface area contributed by atoms with Crippen LogP contribution in [0.2, 0.25) is 0 Å². The topological polar surface area (TPSA) is 24.4 Å². The predicted molar refractivity (Wildman–Crippen MR) is 73.4 cm³/mol. The van der Waals surface area contributed by atoms with Gasteiger partial charge in [-0.1, -0.05) is 20.8 Å². The van der Waals surface area contributed by atoms with Crippen LogP contribution in [0.25, 0.3) is 0 Å². The number of alkyl halides is 3. The first-order valence-electron chi connectivity index (χ1n) is 6.57. The minimum atomic E-state index is -5.08. The Morgan fingerprint density at radius 1 is 1.05 bits per heavy atom. The number of aliphatic imine (C=N–C) groups is 1. The molecule has 7 heteroatoms. The molecule has 2 nitrogen and oxygen atoms in total. The van der Waals surface area contributed by atoms with Crippen LogP contribution < -0.4 is 5.32 Å². The van der Waals surface area contributed by atoms with E-state index in [1.807, 2.05) is 20.8 Å². The second-order valence-corrected chi connectivity index (χ2v) is 6.04. The number of rotatable bonds is 1. The summed E-state index contributed by atoms with van der Waals surface area (Å²) in [5.74, 6) is -3.17. The zero-order valence-electron chi connectivity index (χ0n) is 12.3. The van der Waals surface area contributed by atoms with E-state index >= 15 is 0 Å². The van der Waals surface area contributed by atoms with Gasteiger partial charge in [0.05, 0.1) is 6.54 Å². The summed E-state index contributed by atoms with van der Waals surface area (Å²) in [5, 5.41) is 2.78. The van der Waals surface area contributed by atoms with Crippen molar-refractivity contribution in [3.63, 3.8) is 0 Å². The zero-order valence-corrected chi connectivity index (χ0v) is 12.3. The molecule has 0 unspecified atom stereocenters. The SMILES string of the molecule is CC(C)(C)C1=CNC(c2cc(F)c(C(F)(F)F)c(F)c2)=NC1. The van der Waals surface area contributed by atoms with Gasteiger partial charge in [0.25, 0.3) is 0 Å². The fraction of sp³-hybridized carbons (Fsp3) is 0.400. The first kappa shape index (κ1) is 16.5. The number of nitrogens with zero attached hydrogens (tertiary/aromatic N) is 1. The largest absolute Gasteiger partial charge is 0.422 e. The van der Waals surface area contributed by atoms with E-state index in [4.69, 9.17) is 0 Å². The molecule has 22 heavy (non-hydrogen) atoms. The van der Waals surface area contributed by atoms with E-state index in [2.05, 4.69) is 10.3 Å². The smallest absolute Gasteiger partial charge is 0.346 e. The Bertz CT molecular complexity index is 628. The van der Waals surface area contributed by atoms with Crippen LogP contribution in [0.4, 0.5) is 22.0 Å². The van der Waals surface area contributed by atoms with Crippen LogP contribution >= 0.6 is 0 Å². The van der Waals surface area contributed by atoms with Crippen molar-refractivity contribution in [1.82, 2.24) is 5.32 Å². The molecule has 0 spiro atoms. The third kappa shape index (κ3) is 3.28. The average Bonchev–Trinajstić information content (AvgIpc) is 2.35. The quantitative estimate of drug-likeness (QED) is 0.769. The van der Waals surface area contributed by atoms with Crippen molar-refractivity contribution in [2.45, 2.75) is 26.9 Å². The molecule has 0 amide bonds. The summed E-state index contributed by atoms with van der Waals surface area (Å²) < 4.78 is 64.7. The van der Waals surface area contributed by atoms with Crippen molar-refractivity contribution in [2.75, 3.05) is 6.54 Å². The molecule has 0 aliphatic carbocycles. The highest BCUT2D eigenvalue weighted by atomic mass is 19.4. The summed E-state index contributed by atoms with van der Waals surface area (Å²) in [7, 11) is 0. The standard InChI is InChI=1S/C15H15F5N2/c1-14(2,3)9-6-21-13(22-7-9)8-4-10(16)12(11(17)5-8)15(18,19)20/h4-6H,7H2,1-3H3,(H,21,22). The molecule has 0 saturated heterocycles. The second-order valence-electron chi connectivity index (χ2n) is 6.04. The van der Waals surface area contributed by atoms with Crippen molar-refractivity contribution < 1.29 is 22.0 Å². The molecule has 1 aromatic carbocycles. The van der Waals surface area contributed by atoms with Crippen LogP contribution in [0.5, 0.6) is 0 Å². The van der Waals surface area contributed by atoms with Gasteiger partial charge in [-0.3, -0.25) is 4.99 Å². The lowest BCUT2D eigenvalue weighted by molar-refractivity contribution is -0.142. The van der Waals surface area contributed by atoms with Crippen molar-refractivity contribution in [3.05, 3.63) is 46.7 Å². The highest BCUT2D eigenvalue weighted by Crippen LogP contribution is 2.34. The van der Waals surface area contributed by atoms with Crippen LogP contribution in [0.15, 0.2) is 28.9 Å². The van der Waals surface area contributed by atoms with Crippen molar-refractivity contribution in [1.29, 1.82) is 0 Å². The van der Waals surface area contributed by atoms with E-state index in [0.29, 0.717) is 18.7 Å². The summed E-state index contributed by atoms with van der Waals surface area (Å²) >= 11 is 0. The van der Waals surface area contributed by atoms with Gasteiger partial charge in [-0.25, -0.2) is 8.78 Å². The monoisotopic (exact) mass is 318 g/mol. The Kier molecular flexibility index (Phi) is 4.02. The molecular weight excluding hydrogens is 303 g/mol. The first-order valence-corrected chi connectivity index (χ1v) is 6.57. The molecule has 0 aromatic heterocycles. The van der Waals surface area contributed by atoms with Gasteiger partial charge in [0.1, 0.15) is 23.0 Å². The van der Waals surface area contributed by atoms with E-state index in [9.17, 15) is 22.0 Å². The average molecular weight is 318 g/mol. The van der Waals surface area contributed by atoms with Gasteiger partial charge < -0.3 is 5.32 Å². The third-order valence-electron chi connectivity index (χ3n) is 3.35. The van der Waals surface area contributed by atoms with Gasteiger partial charge in [0.2, 0.25) is 0 Å². The van der Waals surface area contributed by atoms with Crippen LogP contribution in [-0.4, -0.2) is 12.4 Å². The second kappa shape index (κ2) is 5.37. The molecule has 1 aliphatic heterocycles. The number of halogens is 5. The summed E-state index contributed by atoms with van der Waals surface area (Å²) in [4.78, 5) is 4.14. The van der Waals surface area contributed by atoms with Gasteiger partial charge in [0, 0.05) is 11.8 Å². The Morgan fingerprint density at radius 2 is 1.59 bits per heavy atom. The molecule has 0 fully saturated rings. The predicted octanol–water partition coefficient (Wildman–Crippen LogP) is 4.26. The zero-order chi connectivity index (χ0) is 16.7. The highest BCUT2D eigenvalue weighted by Gasteiger charge is 2.38. The minimum absolute atomic E-state index is 0.0628. The van der Waals surface area contributed by atoms with E-state index in [1.54, 1.807) is 6.20 Å². The number of nitrogens with one attached hydrogen (secondary N) is 1. The lowest BCUT2D eigenvalue weighted by atomic mass is 9.86. The Labute approximate surface area is 124 Å². The molecule has 120 valence electrons. The molecule has 1 aliphatic rings. The Morgan fingerprint density at radius 3 is 1.95 bits per heavy atom. The van der Waals surface area contributed by atoms with Gasteiger partial charge >= 0.3 is 6.18 Å². The Hall–Kier alpha value is -1.92. The maximum atomic E-state index is 13.6. The lowest BCUT2D eigenvalue weighted by Crippen LogP contribution is -2.28. The summed E-state index contributed by atoms with van der Waals surface area (Å²) in [6, 6.07) is 1.27. The van der Waals surface area contributed by atoms with Crippen molar-refractivity contribution in [3.8, 4) is 0 Å². The van der Waals surface area contributed by atoms with Crippen LogP contribution in [0, 0.1) is 17.0 Å². The van der Waals surface area contributed by atoms with Crippen LogP contribution in [0.3, 0.4) is 0 Å². The van der Waals surface area contributed by atoms with Crippen molar-refractivity contribution >= 4 is 5.84 Å². The van der Waals surface area contributed by atoms with E-state index < -0.39 is 23.4 Å². The molecule has 0 bridgehead atoms. The van der Waals surface area contributed by atoms with Gasteiger partial charge in [-0.05, 0) is 23.1 Å². The fourth-order valence-electron chi connectivity index (χ4n) is 2.02. The molecule has 1 aromatic rings. The van der Waals surface area contributed by atoms with Gasteiger partial charge in [-0.15, -0.1) is 0 Å². The highest BCUT2D eigenvalue weighted by molar-refractivity contribution is 6.00. The number of hydrogen-bond donors (Lipinski definition) is 1. The summed E-state index contributed by atoms with van der Waals surface area (Å²) in [6.45, 7) is 6.27. The van der Waals surface area contributed by atoms with E-state index in [0.717, 1.165) is 5.57 Å². The first-order chi connectivity index (χ1) is 10.00. The summed E-state index contributed by atoms with van der Waals surface area (Å²) in [6.07, 6.45) is -3.41. The third-order valence-corrected chi connectivity index (χ3v) is 3.35. The lowest BCUT2D eigenvalue weighted by Gasteiger charge is -2.25. The van der Waals surface area contributed by atoms with E-state index in [-0.39, 0.29) is 16.8 Å². The Balaban J connectivity index is 2.32.